The van der Waals surface area contributed by atoms with Crippen LogP contribution in [0.2, 0.25) is 0 Å². The molecule has 3 rings (SSSR count). The van der Waals surface area contributed by atoms with E-state index in [1.807, 2.05) is 11.8 Å². The third-order valence-corrected chi connectivity index (χ3v) is 4.28. The second-order valence-electron chi connectivity index (χ2n) is 4.24. The van der Waals surface area contributed by atoms with Crippen molar-refractivity contribution in [3.63, 3.8) is 0 Å². The Morgan fingerprint density at radius 2 is 2.33 bits per heavy atom. The van der Waals surface area contributed by atoms with E-state index in [1.165, 1.54) is 12.5 Å². The summed E-state index contributed by atoms with van der Waals surface area (Å²) in [5, 5.41) is 14.1. The molecule has 1 aromatic heterocycles. The molecule has 0 radical (unpaired) electrons. The van der Waals surface area contributed by atoms with E-state index in [0.717, 1.165) is 12.2 Å². The fourth-order valence-electron chi connectivity index (χ4n) is 1.99. The zero-order valence-corrected chi connectivity index (χ0v) is 10.5. The first-order valence-electron chi connectivity index (χ1n) is 5.78. The number of phenolic OH excluding ortho intramolecular Hbond substituents is 1. The first-order valence-corrected chi connectivity index (χ1v) is 6.83. The minimum absolute atomic E-state index is 0.0595. The van der Waals surface area contributed by atoms with Crippen molar-refractivity contribution >= 4 is 17.4 Å². The van der Waals surface area contributed by atoms with Crippen LogP contribution in [-0.2, 0) is 0 Å². The zero-order valence-electron chi connectivity index (χ0n) is 9.67. The first-order chi connectivity index (χ1) is 8.74. The van der Waals surface area contributed by atoms with Crippen molar-refractivity contribution in [3.8, 4) is 17.2 Å². The van der Waals surface area contributed by atoms with Crippen molar-refractivity contribution in [2.45, 2.75) is 18.1 Å². The van der Waals surface area contributed by atoms with Gasteiger partial charge in [0.2, 0.25) is 0 Å². The van der Waals surface area contributed by atoms with Gasteiger partial charge in [-0.25, -0.2) is 0 Å². The maximum Gasteiger partial charge on any atom is 0.261 e. The topological polar surface area (TPSA) is 85.2 Å². The third-order valence-electron chi connectivity index (χ3n) is 2.91. The number of nitrogen functional groups attached to an aromatic ring is 1. The van der Waals surface area contributed by atoms with Gasteiger partial charge in [0.25, 0.3) is 5.89 Å². The van der Waals surface area contributed by atoms with Crippen LogP contribution in [0.15, 0.2) is 22.7 Å². The Kier molecular flexibility index (Phi) is 2.87. The van der Waals surface area contributed by atoms with E-state index in [0.29, 0.717) is 28.2 Å². The molecule has 0 aliphatic carbocycles. The Hall–Kier alpha value is -1.69. The summed E-state index contributed by atoms with van der Waals surface area (Å²) in [6.07, 6.45) is 2.27. The van der Waals surface area contributed by atoms with E-state index >= 15 is 0 Å². The van der Waals surface area contributed by atoms with Gasteiger partial charge in [0, 0.05) is 11.8 Å². The fraction of sp³-hybridized carbons (Fsp3) is 0.333. The highest BCUT2D eigenvalue weighted by Crippen LogP contribution is 2.39. The van der Waals surface area contributed by atoms with E-state index in [9.17, 15) is 5.11 Å². The molecule has 5 nitrogen and oxygen atoms in total. The maximum atomic E-state index is 9.81. The highest BCUT2D eigenvalue weighted by atomic mass is 32.2. The van der Waals surface area contributed by atoms with E-state index in [1.54, 1.807) is 12.1 Å². The zero-order chi connectivity index (χ0) is 12.5. The Morgan fingerprint density at radius 1 is 1.44 bits per heavy atom. The molecule has 0 bridgehead atoms. The van der Waals surface area contributed by atoms with Crippen LogP contribution >= 0.6 is 11.8 Å². The molecule has 1 atom stereocenters. The van der Waals surface area contributed by atoms with Crippen LogP contribution in [0.4, 0.5) is 5.69 Å². The summed E-state index contributed by atoms with van der Waals surface area (Å²) in [6.45, 7) is 0. The van der Waals surface area contributed by atoms with Crippen LogP contribution < -0.4 is 5.73 Å². The molecule has 18 heavy (non-hydrogen) atoms. The summed E-state index contributed by atoms with van der Waals surface area (Å²) in [6, 6.07) is 4.86. The van der Waals surface area contributed by atoms with E-state index in [2.05, 4.69) is 10.1 Å². The average molecular weight is 263 g/mol. The number of aromatic nitrogens is 2. The van der Waals surface area contributed by atoms with Crippen LogP contribution in [-0.4, -0.2) is 21.0 Å². The van der Waals surface area contributed by atoms with Gasteiger partial charge in [-0.15, -0.1) is 0 Å². The van der Waals surface area contributed by atoms with Crippen LogP contribution in [0.1, 0.15) is 23.9 Å². The molecule has 3 N–H and O–H groups in total. The summed E-state index contributed by atoms with van der Waals surface area (Å²) >= 11 is 1.84. The second kappa shape index (κ2) is 4.53. The Labute approximate surface area is 108 Å². The summed E-state index contributed by atoms with van der Waals surface area (Å²) < 4.78 is 5.21. The molecular formula is C12H13N3O2S. The van der Waals surface area contributed by atoms with E-state index in [4.69, 9.17) is 10.3 Å². The third kappa shape index (κ3) is 2.03. The van der Waals surface area contributed by atoms with Crippen LogP contribution in [0.3, 0.4) is 0 Å². The van der Waals surface area contributed by atoms with Crippen LogP contribution in [0.25, 0.3) is 11.5 Å². The van der Waals surface area contributed by atoms with Crippen molar-refractivity contribution in [2.75, 3.05) is 11.5 Å². The number of rotatable bonds is 2. The Morgan fingerprint density at radius 3 is 3.06 bits per heavy atom. The van der Waals surface area contributed by atoms with Gasteiger partial charge in [0.15, 0.2) is 5.82 Å². The number of benzene rings is 1. The van der Waals surface area contributed by atoms with Gasteiger partial charge in [-0.3, -0.25) is 0 Å². The van der Waals surface area contributed by atoms with E-state index < -0.39 is 0 Å². The average Bonchev–Trinajstić information content (AvgIpc) is 2.99. The fourth-order valence-corrected chi connectivity index (χ4v) is 3.18. The molecule has 0 spiro atoms. The monoisotopic (exact) mass is 263 g/mol. The lowest BCUT2D eigenvalue weighted by Gasteiger charge is -2.01. The van der Waals surface area contributed by atoms with Crippen molar-refractivity contribution in [1.29, 1.82) is 0 Å². The number of aromatic hydroxyl groups is 1. The second-order valence-corrected chi connectivity index (χ2v) is 5.55. The molecule has 1 unspecified atom stereocenters. The van der Waals surface area contributed by atoms with Crippen molar-refractivity contribution in [1.82, 2.24) is 10.1 Å². The molecule has 1 aromatic carbocycles. The molecule has 6 heteroatoms. The summed E-state index contributed by atoms with van der Waals surface area (Å²) in [5.41, 5.74) is 6.60. The summed E-state index contributed by atoms with van der Waals surface area (Å²) in [4.78, 5) is 4.35. The number of nitrogens with two attached hydrogens (primary N) is 1. The molecule has 1 aliphatic heterocycles. The SMILES string of the molecule is Nc1ccc(-c2nc(C3CCCS3)no2)c(O)c1. The lowest BCUT2D eigenvalue weighted by Crippen LogP contribution is -1.91. The highest BCUT2D eigenvalue weighted by molar-refractivity contribution is 7.99. The largest absolute Gasteiger partial charge is 0.507 e. The van der Waals surface area contributed by atoms with E-state index in [-0.39, 0.29) is 5.75 Å². The normalized spacial score (nSPS) is 19.2. The predicted molar refractivity (Wildman–Crippen MR) is 70.2 cm³/mol. The molecule has 0 amide bonds. The number of hydrogen-bond donors (Lipinski definition) is 2. The van der Waals surface area contributed by atoms with Gasteiger partial charge in [-0.2, -0.15) is 16.7 Å². The molecule has 1 saturated heterocycles. The maximum absolute atomic E-state index is 9.81. The summed E-state index contributed by atoms with van der Waals surface area (Å²) in [5.74, 6) is 2.25. The molecule has 94 valence electrons. The van der Waals surface area contributed by atoms with Gasteiger partial charge >= 0.3 is 0 Å². The number of phenols is 1. The van der Waals surface area contributed by atoms with Gasteiger partial charge in [0.05, 0.1) is 10.8 Å². The van der Waals surface area contributed by atoms with Gasteiger partial charge in [-0.05, 0) is 30.7 Å². The Balaban J connectivity index is 1.92. The van der Waals surface area contributed by atoms with Crippen LogP contribution in [0.5, 0.6) is 5.75 Å². The van der Waals surface area contributed by atoms with Gasteiger partial charge in [0.1, 0.15) is 5.75 Å². The molecular weight excluding hydrogens is 250 g/mol. The Bertz CT molecular complexity index is 564. The van der Waals surface area contributed by atoms with Crippen molar-refractivity contribution in [2.24, 2.45) is 0 Å². The lowest BCUT2D eigenvalue weighted by atomic mass is 10.2. The highest BCUT2D eigenvalue weighted by Gasteiger charge is 2.23. The number of nitrogens with zero attached hydrogens (tertiary/aromatic N) is 2. The number of hydrogen-bond acceptors (Lipinski definition) is 6. The molecule has 1 fully saturated rings. The molecule has 1 aliphatic rings. The number of anilines is 1. The first kappa shape index (κ1) is 11.4. The smallest absolute Gasteiger partial charge is 0.261 e. The minimum Gasteiger partial charge on any atom is -0.507 e. The summed E-state index contributed by atoms with van der Waals surface area (Å²) in [7, 11) is 0. The quantitative estimate of drug-likeness (QED) is 0.810. The van der Waals surface area contributed by atoms with Gasteiger partial charge in [-0.1, -0.05) is 5.16 Å². The van der Waals surface area contributed by atoms with Gasteiger partial charge < -0.3 is 15.4 Å². The molecule has 0 saturated carbocycles. The van der Waals surface area contributed by atoms with Crippen molar-refractivity contribution in [3.05, 3.63) is 24.0 Å². The lowest BCUT2D eigenvalue weighted by molar-refractivity contribution is 0.416. The standard InChI is InChI=1S/C12H13N3O2S/c13-7-3-4-8(9(16)6-7)12-14-11(15-17-12)10-2-1-5-18-10/h3-4,6,10,16H,1-2,5,13H2. The van der Waals surface area contributed by atoms with Crippen molar-refractivity contribution < 1.29 is 9.63 Å². The molecule has 2 aromatic rings. The number of thioether (sulfide) groups is 1. The molecule has 2 heterocycles. The van der Waals surface area contributed by atoms with Crippen LogP contribution in [0, 0.1) is 0 Å². The minimum atomic E-state index is 0.0595. The predicted octanol–water partition coefficient (Wildman–Crippen LogP) is 2.59.